The molecule has 0 saturated heterocycles. The Morgan fingerprint density at radius 1 is 1.43 bits per heavy atom. The van der Waals surface area contributed by atoms with Gasteiger partial charge in [0, 0.05) is 18.3 Å². The first kappa shape index (κ1) is 15.7. The fourth-order valence-corrected chi connectivity index (χ4v) is 2.38. The molecule has 0 bridgehead atoms. The fourth-order valence-electron chi connectivity index (χ4n) is 2.38. The maximum Gasteiger partial charge on any atom is 0.414 e. The van der Waals surface area contributed by atoms with Crippen LogP contribution in [-0.2, 0) is 11.2 Å². The highest BCUT2D eigenvalue weighted by atomic mass is 16.6. The Bertz CT molecular complexity index is 520. The summed E-state index contributed by atoms with van der Waals surface area (Å²) in [5, 5.41) is 3.47. The second-order valence-corrected chi connectivity index (χ2v) is 6.68. The molecule has 1 amide bonds. The molecule has 0 aromatic heterocycles. The molecule has 1 aromatic carbocycles. The zero-order chi connectivity index (χ0) is 15.6. The van der Waals surface area contributed by atoms with Crippen molar-refractivity contribution in [2.45, 2.75) is 59.1 Å². The summed E-state index contributed by atoms with van der Waals surface area (Å²) in [6.07, 6.45) is 1.70. The van der Waals surface area contributed by atoms with Crippen LogP contribution in [0.4, 0.5) is 16.2 Å². The first-order valence-electron chi connectivity index (χ1n) is 7.70. The van der Waals surface area contributed by atoms with E-state index in [2.05, 4.69) is 25.2 Å². The molecule has 4 nitrogen and oxygen atoms in total. The highest BCUT2D eigenvalue weighted by Gasteiger charge is 2.28. The van der Waals surface area contributed by atoms with Crippen LogP contribution in [0.1, 0.15) is 46.6 Å². The monoisotopic (exact) mass is 290 g/mol. The number of ether oxygens (including phenoxy) is 1. The molecular formula is C17H26N2O2. The smallest absolute Gasteiger partial charge is 0.414 e. The van der Waals surface area contributed by atoms with Crippen LogP contribution >= 0.6 is 0 Å². The molecule has 0 radical (unpaired) electrons. The summed E-state index contributed by atoms with van der Waals surface area (Å²) in [5.41, 5.74) is 2.83. The zero-order valence-corrected chi connectivity index (χ0v) is 13.7. The van der Waals surface area contributed by atoms with E-state index in [0.717, 1.165) is 24.2 Å². The normalized spacial score (nSPS) is 15.6. The van der Waals surface area contributed by atoms with E-state index in [-0.39, 0.29) is 6.09 Å². The maximum atomic E-state index is 12.2. The SMILES string of the molecule is CCC(C)Nc1ccc2c(c1)CCN2C(=O)OC(C)(C)C. The van der Waals surface area contributed by atoms with E-state index in [0.29, 0.717) is 12.6 Å². The predicted octanol–water partition coefficient (Wildman–Crippen LogP) is 4.19. The molecule has 1 aliphatic rings. The van der Waals surface area contributed by atoms with Gasteiger partial charge in [-0.05, 0) is 64.3 Å². The van der Waals surface area contributed by atoms with Gasteiger partial charge in [-0.2, -0.15) is 0 Å². The number of carbonyl (C=O) groups is 1. The van der Waals surface area contributed by atoms with Crippen molar-refractivity contribution in [3.8, 4) is 0 Å². The first-order chi connectivity index (χ1) is 9.80. The number of rotatable bonds is 3. The Morgan fingerprint density at radius 3 is 2.76 bits per heavy atom. The first-order valence-corrected chi connectivity index (χ1v) is 7.70. The Kier molecular flexibility index (Phi) is 4.45. The van der Waals surface area contributed by atoms with Crippen molar-refractivity contribution in [3.63, 3.8) is 0 Å². The lowest BCUT2D eigenvalue weighted by atomic mass is 10.1. The van der Waals surface area contributed by atoms with Crippen LogP contribution < -0.4 is 10.2 Å². The molecule has 21 heavy (non-hydrogen) atoms. The number of hydrogen-bond acceptors (Lipinski definition) is 3. The highest BCUT2D eigenvalue weighted by Crippen LogP contribution is 2.31. The lowest BCUT2D eigenvalue weighted by Crippen LogP contribution is -2.35. The fraction of sp³-hybridized carbons (Fsp3) is 0.588. The minimum Gasteiger partial charge on any atom is -0.443 e. The summed E-state index contributed by atoms with van der Waals surface area (Å²) >= 11 is 0. The van der Waals surface area contributed by atoms with Crippen LogP contribution in [0.15, 0.2) is 18.2 Å². The second-order valence-electron chi connectivity index (χ2n) is 6.68. The summed E-state index contributed by atoms with van der Waals surface area (Å²) in [5.74, 6) is 0. The van der Waals surface area contributed by atoms with Gasteiger partial charge in [-0.1, -0.05) is 6.92 Å². The number of fused-ring (bicyclic) bond motifs is 1. The molecule has 1 unspecified atom stereocenters. The van der Waals surface area contributed by atoms with E-state index >= 15 is 0 Å². The number of nitrogens with zero attached hydrogens (tertiary/aromatic N) is 1. The summed E-state index contributed by atoms with van der Waals surface area (Å²) in [7, 11) is 0. The molecule has 0 aliphatic carbocycles. The number of anilines is 2. The Labute approximate surface area is 127 Å². The predicted molar refractivity (Wildman–Crippen MR) is 87.1 cm³/mol. The third kappa shape index (κ3) is 3.90. The molecule has 1 atom stereocenters. The molecule has 0 fully saturated rings. The molecule has 2 rings (SSSR count). The number of benzene rings is 1. The number of carbonyl (C=O) groups excluding carboxylic acids is 1. The third-order valence-corrected chi connectivity index (χ3v) is 3.61. The zero-order valence-electron chi connectivity index (χ0n) is 13.7. The number of hydrogen-bond donors (Lipinski definition) is 1. The molecule has 1 aliphatic heterocycles. The average molecular weight is 290 g/mol. The maximum absolute atomic E-state index is 12.2. The van der Waals surface area contributed by atoms with Gasteiger partial charge in [0.25, 0.3) is 0 Å². The van der Waals surface area contributed by atoms with Gasteiger partial charge in [0.15, 0.2) is 0 Å². The van der Waals surface area contributed by atoms with Gasteiger partial charge in [0.05, 0.1) is 5.69 Å². The summed E-state index contributed by atoms with van der Waals surface area (Å²) in [4.78, 5) is 14.0. The van der Waals surface area contributed by atoms with E-state index in [1.807, 2.05) is 32.9 Å². The number of amides is 1. The Balaban J connectivity index is 2.12. The minimum absolute atomic E-state index is 0.260. The average Bonchev–Trinajstić information content (AvgIpc) is 2.79. The van der Waals surface area contributed by atoms with Crippen LogP contribution in [0.3, 0.4) is 0 Å². The topological polar surface area (TPSA) is 41.6 Å². The van der Waals surface area contributed by atoms with Crippen molar-refractivity contribution in [2.75, 3.05) is 16.8 Å². The van der Waals surface area contributed by atoms with Crippen LogP contribution in [0, 0.1) is 0 Å². The van der Waals surface area contributed by atoms with Gasteiger partial charge < -0.3 is 10.1 Å². The molecule has 1 heterocycles. The lowest BCUT2D eigenvalue weighted by molar-refractivity contribution is 0.0584. The molecule has 1 N–H and O–H groups in total. The number of nitrogens with one attached hydrogen (secondary N) is 1. The van der Waals surface area contributed by atoms with Crippen molar-refractivity contribution >= 4 is 17.5 Å². The van der Waals surface area contributed by atoms with Crippen LogP contribution in [0.25, 0.3) is 0 Å². The van der Waals surface area contributed by atoms with Gasteiger partial charge in [-0.15, -0.1) is 0 Å². The molecule has 0 saturated carbocycles. The standard InChI is InChI=1S/C17H26N2O2/c1-6-12(2)18-14-7-8-15-13(11-14)9-10-19(15)16(20)21-17(3,4)5/h7-8,11-12,18H,6,9-10H2,1-5H3. The van der Waals surface area contributed by atoms with E-state index in [4.69, 9.17) is 4.74 Å². The van der Waals surface area contributed by atoms with Crippen molar-refractivity contribution < 1.29 is 9.53 Å². The van der Waals surface area contributed by atoms with Gasteiger partial charge >= 0.3 is 6.09 Å². The van der Waals surface area contributed by atoms with Gasteiger partial charge in [0.2, 0.25) is 0 Å². The van der Waals surface area contributed by atoms with Gasteiger partial charge in [0.1, 0.15) is 5.60 Å². The summed E-state index contributed by atoms with van der Waals surface area (Å²) < 4.78 is 5.46. The van der Waals surface area contributed by atoms with Crippen LogP contribution in [-0.4, -0.2) is 24.3 Å². The van der Waals surface area contributed by atoms with Gasteiger partial charge in [-0.3, -0.25) is 4.90 Å². The second kappa shape index (κ2) is 5.96. The van der Waals surface area contributed by atoms with E-state index in [9.17, 15) is 4.79 Å². The Morgan fingerprint density at radius 2 is 2.14 bits per heavy atom. The van der Waals surface area contributed by atoms with E-state index in [1.54, 1.807) is 4.90 Å². The molecule has 116 valence electrons. The van der Waals surface area contributed by atoms with Crippen molar-refractivity contribution in [2.24, 2.45) is 0 Å². The van der Waals surface area contributed by atoms with Crippen molar-refractivity contribution in [1.29, 1.82) is 0 Å². The largest absolute Gasteiger partial charge is 0.443 e. The Hall–Kier alpha value is -1.71. The summed E-state index contributed by atoms with van der Waals surface area (Å²) in [6.45, 7) is 10.7. The minimum atomic E-state index is -0.460. The van der Waals surface area contributed by atoms with E-state index in [1.165, 1.54) is 5.56 Å². The van der Waals surface area contributed by atoms with Crippen LogP contribution in [0.5, 0.6) is 0 Å². The van der Waals surface area contributed by atoms with Crippen molar-refractivity contribution in [1.82, 2.24) is 0 Å². The summed E-state index contributed by atoms with van der Waals surface area (Å²) in [6, 6.07) is 6.64. The van der Waals surface area contributed by atoms with Crippen LogP contribution in [0.2, 0.25) is 0 Å². The molecule has 4 heteroatoms. The molecule has 0 spiro atoms. The molecule has 1 aromatic rings. The lowest BCUT2D eigenvalue weighted by Gasteiger charge is -2.25. The third-order valence-electron chi connectivity index (χ3n) is 3.61. The van der Waals surface area contributed by atoms with Crippen molar-refractivity contribution in [3.05, 3.63) is 23.8 Å². The van der Waals surface area contributed by atoms with Gasteiger partial charge in [-0.25, -0.2) is 4.79 Å². The highest BCUT2D eigenvalue weighted by molar-refractivity contribution is 5.91. The van der Waals surface area contributed by atoms with E-state index < -0.39 is 5.60 Å². The molecular weight excluding hydrogens is 264 g/mol. The quantitative estimate of drug-likeness (QED) is 0.907.